The van der Waals surface area contributed by atoms with Gasteiger partial charge in [0.15, 0.2) is 0 Å². The summed E-state index contributed by atoms with van der Waals surface area (Å²) in [7, 11) is 0. The second kappa shape index (κ2) is 7.05. The van der Waals surface area contributed by atoms with Gasteiger partial charge in [-0.2, -0.15) is 0 Å². The van der Waals surface area contributed by atoms with Gasteiger partial charge in [0.1, 0.15) is 0 Å². The van der Waals surface area contributed by atoms with E-state index in [1.54, 1.807) is 0 Å². The Labute approximate surface area is 108 Å². The predicted molar refractivity (Wildman–Crippen MR) is 77.9 cm³/mol. The van der Waals surface area contributed by atoms with Gasteiger partial charge in [-0.25, -0.2) is 0 Å². The molecule has 0 heterocycles. The Balaban J connectivity index is 4.07. The SMILES string of the molecule is C=C(CCCC)NC(C)(C)CCC(C)(C)CN. The summed E-state index contributed by atoms with van der Waals surface area (Å²) in [5.41, 5.74) is 7.30. The van der Waals surface area contributed by atoms with E-state index in [2.05, 4.69) is 46.5 Å². The zero-order chi connectivity index (χ0) is 13.5. The Bertz CT molecular complexity index is 229. The van der Waals surface area contributed by atoms with E-state index in [1.165, 1.54) is 18.5 Å². The van der Waals surface area contributed by atoms with Gasteiger partial charge in [-0.15, -0.1) is 0 Å². The molecule has 0 aromatic heterocycles. The van der Waals surface area contributed by atoms with E-state index in [4.69, 9.17) is 5.73 Å². The van der Waals surface area contributed by atoms with Crippen molar-refractivity contribution in [1.82, 2.24) is 5.32 Å². The van der Waals surface area contributed by atoms with Crippen LogP contribution in [-0.4, -0.2) is 12.1 Å². The molecule has 0 unspecified atom stereocenters. The van der Waals surface area contributed by atoms with Gasteiger partial charge < -0.3 is 11.1 Å². The van der Waals surface area contributed by atoms with Crippen molar-refractivity contribution in [2.24, 2.45) is 11.1 Å². The third-order valence-electron chi connectivity index (χ3n) is 3.33. The molecule has 0 spiro atoms. The molecule has 17 heavy (non-hydrogen) atoms. The molecular formula is C15H32N2. The van der Waals surface area contributed by atoms with Gasteiger partial charge in [-0.05, 0) is 51.5 Å². The minimum atomic E-state index is 0.122. The first-order chi connectivity index (χ1) is 7.72. The molecule has 0 aromatic carbocycles. The van der Waals surface area contributed by atoms with E-state index in [9.17, 15) is 0 Å². The van der Waals surface area contributed by atoms with Crippen LogP contribution in [0.4, 0.5) is 0 Å². The van der Waals surface area contributed by atoms with E-state index >= 15 is 0 Å². The average Bonchev–Trinajstić information content (AvgIpc) is 2.23. The van der Waals surface area contributed by atoms with E-state index in [-0.39, 0.29) is 11.0 Å². The van der Waals surface area contributed by atoms with Crippen molar-refractivity contribution in [2.75, 3.05) is 6.54 Å². The molecule has 0 saturated heterocycles. The number of unbranched alkanes of at least 4 members (excludes halogenated alkanes) is 1. The highest BCUT2D eigenvalue weighted by atomic mass is 15.0. The molecule has 2 heteroatoms. The summed E-state index contributed by atoms with van der Waals surface area (Å²) in [6.07, 6.45) is 5.80. The van der Waals surface area contributed by atoms with E-state index in [0.29, 0.717) is 0 Å². The smallest absolute Gasteiger partial charge is 0.0314 e. The first-order valence-electron chi connectivity index (χ1n) is 6.88. The van der Waals surface area contributed by atoms with Crippen LogP contribution in [0.2, 0.25) is 0 Å². The van der Waals surface area contributed by atoms with Gasteiger partial charge >= 0.3 is 0 Å². The number of rotatable bonds is 9. The van der Waals surface area contributed by atoms with Gasteiger partial charge in [0, 0.05) is 11.2 Å². The third-order valence-corrected chi connectivity index (χ3v) is 3.33. The van der Waals surface area contributed by atoms with Crippen molar-refractivity contribution in [3.63, 3.8) is 0 Å². The average molecular weight is 240 g/mol. The number of hydrogen-bond donors (Lipinski definition) is 2. The van der Waals surface area contributed by atoms with Crippen molar-refractivity contribution in [3.05, 3.63) is 12.3 Å². The second-order valence-corrected chi connectivity index (χ2v) is 6.58. The fraction of sp³-hybridized carbons (Fsp3) is 0.867. The largest absolute Gasteiger partial charge is 0.384 e. The molecule has 0 bridgehead atoms. The molecule has 102 valence electrons. The van der Waals surface area contributed by atoms with Crippen LogP contribution in [0.3, 0.4) is 0 Å². The lowest BCUT2D eigenvalue weighted by Crippen LogP contribution is -2.40. The highest BCUT2D eigenvalue weighted by Crippen LogP contribution is 2.25. The normalized spacial score (nSPS) is 12.6. The first kappa shape index (κ1) is 16.5. The Morgan fingerprint density at radius 2 is 1.76 bits per heavy atom. The van der Waals surface area contributed by atoms with Crippen molar-refractivity contribution < 1.29 is 0 Å². The standard InChI is InChI=1S/C15H32N2/c1-7-8-9-13(2)17-15(5,6)11-10-14(3,4)12-16/h17H,2,7-12,16H2,1,3-6H3. The minimum Gasteiger partial charge on any atom is -0.384 e. The zero-order valence-electron chi connectivity index (χ0n) is 12.5. The van der Waals surface area contributed by atoms with Crippen LogP contribution in [0.15, 0.2) is 12.3 Å². The molecule has 0 saturated carbocycles. The van der Waals surface area contributed by atoms with Crippen molar-refractivity contribution >= 4 is 0 Å². The predicted octanol–water partition coefficient (Wildman–Crippen LogP) is 3.82. The van der Waals surface area contributed by atoms with E-state index < -0.39 is 0 Å². The third kappa shape index (κ3) is 8.25. The Kier molecular flexibility index (Phi) is 6.84. The fourth-order valence-electron chi connectivity index (χ4n) is 1.75. The van der Waals surface area contributed by atoms with Crippen LogP contribution in [-0.2, 0) is 0 Å². The van der Waals surface area contributed by atoms with Crippen LogP contribution in [0.5, 0.6) is 0 Å². The summed E-state index contributed by atoms with van der Waals surface area (Å²) in [5.74, 6) is 0. The second-order valence-electron chi connectivity index (χ2n) is 6.58. The Morgan fingerprint density at radius 1 is 1.18 bits per heavy atom. The molecule has 0 amide bonds. The molecule has 0 radical (unpaired) electrons. The molecular weight excluding hydrogens is 208 g/mol. The summed E-state index contributed by atoms with van der Waals surface area (Å²) >= 11 is 0. The van der Waals surface area contributed by atoms with Crippen LogP contribution >= 0.6 is 0 Å². The summed E-state index contributed by atoms with van der Waals surface area (Å²) < 4.78 is 0. The maximum atomic E-state index is 5.76. The molecule has 0 aliphatic carbocycles. The lowest BCUT2D eigenvalue weighted by atomic mass is 9.83. The van der Waals surface area contributed by atoms with Crippen LogP contribution in [0.1, 0.15) is 66.7 Å². The van der Waals surface area contributed by atoms with Crippen molar-refractivity contribution in [1.29, 1.82) is 0 Å². The summed E-state index contributed by atoms with van der Waals surface area (Å²) in [6, 6.07) is 0. The number of hydrogen-bond acceptors (Lipinski definition) is 2. The van der Waals surface area contributed by atoms with Crippen LogP contribution in [0, 0.1) is 5.41 Å². The number of nitrogens with one attached hydrogen (secondary N) is 1. The summed E-state index contributed by atoms with van der Waals surface area (Å²) in [5, 5.41) is 3.55. The lowest BCUT2D eigenvalue weighted by molar-refractivity contribution is 0.275. The highest BCUT2D eigenvalue weighted by molar-refractivity contribution is 4.98. The number of nitrogens with two attached hydrogens (primary N) is 1. The van der Waals surface area contributed by atoms with Crippen LogP contribution in [0.25, 0.3) is 0 Å². The Morgan fingerprint density at radius 3 is 2.24 bits per heavy atom. The number of allylic oxidation sites excluding steroid dienone is 1. The summed E-state index contributed by atoms with van der Waals surface area (Å²) in [4.78, 5) is 0. The maximum absolute atomic E-state index is 5.76. The monoisotopic (exact) mass is 240 g/mol. The van der Waals surface area contributed by atoms with Gasteiger partial charge in [0.25, 0.3) is 0 Å². The summed E-state index contributed by atoms with van der Waals surface area (Å²) in [6.45, 7) is 16.0. The maximum Gasteiger partial charge on any atom is 0.0314 e. The van der Waals surface area contributed by atoms with E-state index in [0.717, 1.165) is 25.8 Å². The van der Waals surface area contributed by atoms with Gasteiger partial charge in [-0.1, -0.05) is 33.8 Å². The minimum absolute atomic E-state index is 0.122. The van der Waals surface area contributed by atoms with Crippen molar-refractivity contribution in [2.45, 2.75) is 72.3 Å². The topological polar surface area (TPSA) is 38.0 Å². The molecule has 0 rings (SSSR count). The van der Waals surface area contributed by atoms with E-state index in [1.807, 2.05) is 0 Å². The lowest BCUT2D eigenvalue weighted by Gasteiger charge is -2.32. The quantitative estimate of drug-likeness (QED) is 0.643. The zero-order valence-corrected chi connectivity index (χ0v) is 12.5. The molecule has 3 N–H and O–H groups in total. The van der Waals surface area contributed by atoms with Crippen LogP contribution < -0.4 is 11.1 Å². The molecule has 0 aromatic rings. The molecule has 0 aliphatic heterocycles. The van der Waals surface area contributed by atoms with Gasteiger partial charge in [0.2, 0.25) is 0 Å². The van der Waals surface area contributed by atoms with Gasteiger partial charge in [-0.3, -0.25) is 0 Å². The Hall–Kier alpha value is -0.500. The first-order valence-corrected chi connectivity index (χ1v) is 6.88. The fourth-order valence-corrected chi connectivity index (χ4v) is 1.75. The van der Waals surface area contributed by atoms with Crippen molar-refractivity contribution in [3.8, 4) is 0 Å². The molecule has 0 atom stereocenters. The highest BCUT2D eigenvalue weighted by Gasteiger charge is 2.23. The molecule has 0 aliphatic rings. The molecule has 2 nitrogen and oxygen atoms in total. The molecule has 0 fully saturated rings. The van der Waals surface area contributed by atoms with Gasteiger partial charge in [0.05, 0.1) is 0 Å².